The number of fused-ring (bicyclic) bond motifs is 1. The Morgan fingerprint density at radius 2 is 1.94 bits per heavy atom. The first kappa shape index (κ1) is 10.7. The van der Waals surface area contributed by atoms with Gasteiger partial charge in [-0.05, 0) is 23.2 Å². The fraction of sp³-hybridized carbons (Fsp3) is 0.308. The van der Waals surface area contributed by atoms with Crippen LogP contribution in [-0.2, 0) is 0 Å². The van der Waals surface area contributed by atoms with E-state index in [9.17, 15) is 0 Å². The molecular weight excluding hydrogens is 230 g/mol. The minimum atomic E-state index is 0.0692. The number of benzene rings is 1. The average molecular weight is 243 g/mol. The van der Waals surface area contributed by atoms with Crippen molar-refractivity contribution in [2.75, 3.05) is 0 Å². The highest BCUT2D eigenvalue weighted by Crippen LogP contribution is 2.28. The average Bonchev–Trinajstić information content (AvgIpc) is 2.89. The molecule has 0 N–H and O–H groups in total. The smallest absolute Gasteiger partial charge is 0.138 e. The molecule has 0 bridgehead atoms. The van der Waals surface area contributed by atoms with E-state index in [1.807, 2.05) is 0 Å². The SMILES string of the molecule is CC(C)c1ccc(C2=N[C@@H]3C=NN=C3S2)cc1. The van der Waals surface area contributed by atoms with Gasteiger partial charge in [0.1, 0.15) is 16.1 Å². The number of hydrogen-bond donors (Lipinski definition) is 0. The lowest BCUT2D eigenvalue weighted by Gasteiger charge is -2.06. The van der Waals surface area contributed by atoms with Crippen molar-refractivity contribution in [2.24, 2.45) is 15.2 Å². The fourth-order valence-corrected chi connectivity index (χ4v) is 2.78. The van der Waals surface area contributed by atoms with Crippen LogP contribution in [0.2, 0.25) is 0 Å². The first-order valence-electron chi connectivity index (χ1n) is 5.71. The van der Waals surface area contributed by atoms with E-state index >= 15 is 0 Å². The Morgan fingerprint density at radius 3 is 2.59 bits per heavy atom. The second-order valence-electron chi connectivity index (χ2n) is 4.46. The van der Waals surface area contributed by atoms with Crippen molar-refractivity contribution in [3.05, 3.63) is 35.4 Å². The maximum atomic E-state index is 4.59. The van der Waals surface area contributed by atoms with Gasteiger partial charge in [-0.25, -0.2) is 0 Å². The summed E-state index contributed by atoms with van der Waals surface area (Å²) in [6, 6.07) is 8.69. The number of hydrogen-bond acceptors (Lipinski definition) is 4. The third-order valence-corrected chi connectivity index (χ3v) is 3.97. The second-order valence-corrected chi connectivity index (χ2v) is 5.47. The molecule has 17 heavy (non-hydrogen) atoms. The lowest BCUT2D eigenvalue weighted by atomic mass is 10.0. The Labute approximate surface area is 105 Å². The molecule has 1 aromatic rings. The van der Waals surface area contributed by atoms with Crippen molar-refractivity contribution in [1.29, 1.82) is 0 Å². The van der Waals surface area contributed by atoms with E-state index in [0.717, 1.165) is 10.1 Å². The monoisotopic (exact) mass is 243 g/mol. The Morgan fingerprint density at radius 1 is 1.18 bits per heavy atom. The second kappa shape index (κ2) is 4.11. The molecule has 0 spiro atoms. The lowest BCUT2D eigenvalue weighted by molar-refractivity contribution is 0.866. The lowest BCUT2D eigenvalue weighted by Crippen LogP contribution is -2.06. The largest absolute Gasteiger partial charge is 0.261 e. The summed E-state index contributed by atoms with van der Waals surface area (Å²) in [5.74, 6) is 0.568. The Hall–Kier alpha value is -1.42. The third-order valence-electron chi connectivity index (χ3n) is 2.90. The van der Waals surface area contributed by atoms with Crippen molar-refractivity contribution >= 4 is 28.1 Å². The van der Waals surface area contributed by atoms with Gasteiger partial charge in [-0.3, -0.25) is 4.99 Å². The van der Waals surface area contributed by atoms with E-state index in [2.05, 4.69) is 53.3 Å². The van der Waals surface area contributed by atoms with Crippen molar-refractivity contribution in [3.63, 3.8) is 0 Å². The Bertz CT molecular complexity index is 526. The number of aliphatic imine (C=N–C) groups is 1. The molecule has 0 fully saturated rings. The zero-order valence-corrected chi connectivity index (χ0v) is 10.6. The van der Waals surface area contributed by atoms with Gasteiger partial charge in [0.05, 0.1) is 6.21 Å². The summed E-state index contributed by atoms with van der Waals surface area (Å²) in [5.41, 5.74) is 2.53. The molecule has 2 aliphatic heterocycles. The maximum absolute atomic E-state index is 4.59. The summed E-state index contributed by atoms with van der Waals surface area (Å²) >= 11 is 1.62. The first-order chi connectivity index (χ1) is 8.24. The minimum absolute atomic E-state index is 0.0692. The summed E-state index contributed by atoms with van der Waals surface area (Å²) < 4.78 is 0. The summed E-state index contributed by atoms with van der Waals surface area (Å²) in [6.07, 6.45) is 1.79. The van der Waals surface area contributed by atoms with Crippen LogP contribution in [0.4, 0.5) is 0 Å². The van der Waals surface area contributed by atoms with Crippen LogP contribution in [0.15, 0.2) is 39.5 Å². The van der Waals surface area contributed by atoms with E-state index in [-0.39, 0.29) is 6.04 Å². The van der Waals surface area contributed by atoms with E-state index in [1.165, 1.54) is 11.1 Å². The standard InChI is InChI=1S/C13H13N3S/c1-8(2)9-3-5-10(6-4-9)12-15-11-7-14-16-13(11)17-12/h3-8,11H,1-2H3/t11-/m1/s1. The molecule has 2 heterocycles. The van der Waals surface area contributed by atoms with Gasteiger partial charge >= 0.3 is 0 Å². The van der Waals surface area contributed by atoms with Crippen molar-refractivity contribution in [1.82, 2.24) is 0 Å². The molecule has 1 aromatic carbocycles. The van der Waals surface area contributed by atoms with Gasteiger partial charge in [-0.2, -0.15) is 5.10 Å². The quantitative estimate of drug-likeness (QED) is 0.786. The maximum Gasteiger partial charge on any atom is 0.138 e. The van der Waals surface area contributed by atoms with Crippen molar-refractivity contribution in [3.8, 4) is 0 Å². The van der Waals surface area contributed by atoms with Gasteiger partial charge in [0.25, 0.3) is 0 Å². The normalized spacial score (nSPS) is 21.7. The molecule has 0 radical (unpaired) electrons. The highest BCUT2D eigenvalue weighted by molar-refractivity contribution is 8.27. The van der Waals surface area contributed by atoms with Crippen molar-refractivity contribution < 1.29 is 0 Å². The van der Waals surface area contributed by atoms with E-state index in [1.54, 1.807) is 18.0 Å². The van der Waals surface area contributed by atoms with E-state index in [0.29, 0.717) is 5.92 Å². The minimum Gasteiger partial charge on any atom is -0.261 e. The molecule has 4 heteroatoms. The molecule has 0 amide bonds. The van der Waals surface area contributed by atoms with Gasteiger partial charge in [0.2, 0.25) is 0 Å². The highest BCUT2D eigenvalue weighted by atomic mass is 32.2. The predicted molar refractivity (Wildman–Crippen MR) is 74.4 cm³/mol. The zero-order chi connectivity index (χ0) is 11.8. The molecular formula is C13H13N3S. The number of rotatable bonds is 2. The van der Waals surface area contributed by atoms with Crippen molar-refractivity contribution in [2.45, 2.75) is 25.8 Å². The molecule has 0 aliphatic carbocycles. The summed E-state index contributed by atoms with van der Waals surface area (Å²) in [5, 5.41) is 9.97. The molecule has 0 saturated heterocycles. The van der Waals surface area contributed by atoms with Crippen LogP contribution in [-0.4, -0.2) is 22.3 Å². The molecule has 0 saturated carbocycles. The number of nitrogens with zero attached hydrogens (tertiary/aromatic N) is 3. The molecule has 2 aliphatic rings. The van der Waals surface area contributed by atoms with Gasteiger partial charge in [-0.15, -0.1) is 5.10 Å². The van der Waals surface area contributed by atoms with Gasteiger partial charge in [-0.1, -0.05) is 38.1 Å². The first-order valence-corrected chi connectivity index (χ1v) is 6.53. The molecule has 0 unspecified atom stereocenters. The Kier molecular flexibility index (Phi) is 2.59. The zero-order valence-electron chi connectivity index (χ0n) is 9.79. The van der Waals surface area contributed by atoms with Crippen LogP contribution in [0.5, 0.6) is 0 Å². The van der Waals surface area contributed by atoms with Crippen LogP contribution in [0.3, 0.4) is 0 Å². The van der Waals surface area contributed by atoms with Crippen LogP contribution >= 0.6 is 11.8 Å². The number of thioether (sulfide) groups is 1. The molecule has 86 valence electrons. The highest BCUT2D eigenvalue weighted by Gasteiger charge is 2.28. The Balaban J connectivity index is 1.86. The van der Waals surface area contributed by atoms with E-state index in [4.69, 9.17) is 0 Å². The van der Waals surface area contributed by atoms with Crippen LogP contribution in [0.25, 0.3) is 0 Å². The van der Waals surface area contributed by atoms with Gasteiger partial charge in [0.15, 0.2) is 0 Å². The molecule has 3 rings (SSSR count). The van der Waals surface area contributed by atoms with Gasteiger partial charge < -0.3 is 0 Å². The predicted octanol–water partition coefficient (Wildman–Crippen LogP) is 3.07. The topological polar surface area (TPSA) is 37.1 Å². The molecule has 3 nitrogen and oxygen atoms in total. The molecule has 0 aromatic heterocycles. The summed E-state index contributed by atoms with van der Waals surface area (Å²) in [7, 11) is 0. The van der Waals surface area contributed by atoms with Gasteiger partial charge in [0, 0.05) is 5.56 Å². The molecule has 1 atom stereocenters. The fourth-order valence-electron chi connectivity index (χ4n) is 1.84. The summed E-state index contributed by atoms with van der Waals surface area (Å²) in [4.78, 5) is 4.59. The van der Waals surface area contributed by atoms with Crippen LogP contribution in [0.1, 0.15) is 30.9 Å². The third kappa shape index (κ3) is 1.93. The van der Waals surface area contributed by atoms with Crippen LogP contribution < -0.4 is 0 Å². The summed E-state index contributed by atoms with van der Waals surface area (Å²) in [6.45, 7) is 4.40. The van der Waals surface area contributed by atoms with E-state index < -0.39 is 0 Å². The van der Waals surface area contributed by atoms with Crippen LogP contribution in [0, 0.1) is 0 Å².